The molecule has 0 bridgehead atoms. The van der Waals surface area contributed by atoms with Gasteiger partial charge in [0, 0.05) is 41.9 Å². The van der Waals surface area contributed by atoms with Gasteiger partial charge in [0.15, 0.2) is 5.78 Å². The molecule has 0 atom stereocenters. The van der Waals surface area contributed by atoms with Gasteiger partial charge in [0.1, 0.15) is 5.69 Å². The molecule has 1 amide bonds. The number of carbonyl (C=O) groups is 2. The van der Waals surface area contributed by atoms with Gasteiger partial charge in [-0.05, 0) is 37.1 Å². The molecule has 0 aromatic heterocycles. The zero-order chi connectivity index (χ0) is 22.5. The Kier molecular flexibility index (Phi) is 6.26. The second-order valence-electron chi connectivity index (χ2n) is 7.76. The Bertz CT molecular complexity index is 1120. The Morgan fingerprint density at radius 3 is 2.03 bits per heavy atom. The van der Waals surface area contributed by atoms with Crippen LogP contribution in [0.25, 0.3) is 0 Å². The molecule has 7 heteroatoms. The van der Waals surface area contributed by atoms with Crippen molar-refractivity contribution in [3.63, 3.8) is 0 Å². The minimum absolute atomic E-state index is 0.0111. The van der Waals surface area contributed by atoms with E-state index in [1.165, 1.54) is 6.07 Å². The summed E-state index contributed by atoms with van der Waals surface area (Å²) in [5.41, 5.74) is 1.80. The van der Waals surface area contributed by atoms with Gasteiger partial charge in [0.2, 0.25) is 0 Å². The zero-order valence-electron chi connectivity index (χ0n) is 17.4. The van der Waals surface area contributed by atoms with Gasteiger partial charge in [-0.2, -0.15) is 0 Å². The highest BCUT2D eigenvalue weighted by molar-refractivity contribution is 6.09. The first-order chi connectivity index (χ1) is 15.5. The van der Waals surface area contributed by atoms with Crippen LogP contribution in [0.4, 0.5) is 11.4 Å². The third-order valence-corrected chi connectivity index (χ3v) is 5.68. The highest BCUT2D eigenvalue weighted by atomic mass is 16.6. The fourth-order valence-corrected chi connectivity index (χ4v) is 3.96. The van der Waals surface area contributed by atoms with Gasteiger partial charge in [-0.1, -0.05) is 48.5 Å². The van der Waals surface area contributed by atoms with Crippen LogP contribution in [-0.4, -0.2) is 35.7 Å². The first-order valence-corrected chi connectivity index (χ1v) is 10.5. The second-order valence-corrected chi connectivity index (χ2v) is 7.76. The van der Waals surface area contributed by atoms with E-state index < -0.39 is 4.92 Å². The van der Waals surface area contributed by atoms with Crippen molar-refractivity contribution in [2.45, 2.75) is 18.9 Å². The third kappa shape index (κ3) is 4.67. The molecule has 0 unspecified atom stereocenters. The number of ketones is 1. The number of hydrogen-bond acceptors (Lipinski definition) is 5. The number of nitro groups is 1. The van der Waals surface area contributed by atoms with Crippen molar-refractivity contribution < 1.29 is 14.5 Å². The van der Waals surface area contributed by atoms with Gasteiger partial charge in [0.25, 0.3) is 11.6 Å². The normalized spacial score (nSPS) is 14.1. The lowest BCUT2D eigenvalue weighted by atomic mass is 10.00. The van der Waals surface area contributed by atoms with Gasteiger partial charge in [-0.15, -0.1) is 0 Å². The maximum absolute atomic E-state index is 12.7. The number of nitrogens with zero attached hydrogens (tertiary/aromatic N) is 2. The van der Waals surface area contributed by atoms with Crippen molar-refractivity contribution in [1.82, 2.24) is 5.32 Å². The number of piperidine rings is 1. The van der Waals surface area contributed by atoms with Crippen molar-refractivity contribution in [3.8, 4) is 0 Å². The van der Waals surface area contributed by atoms with E-state index in [9.17, 15) is 19.7 Å². The summed E-state index contributed by atoms with van der Waals surface area (Å²) in [5, 5.41) is 14.8. The van der Waals surface area contributed by atoms with Gasteiger partial charge in [0.05, 0.1) is 4.92 Å². The van der Waals surface area contributed by atoms with E-state index in [4.69, 9.17) is 0 Å². The molecule has 0 aliphatic carbocycles. The molecule has 162 valence electrons. The van der Waals surface area contributed by atoms with Gasteiger partial charge in [-0.3, -0.25) is 19.7 Å². The summed E-state index contributed by atoms with van der Waals surface area (Å²) in [6.45, 7) is 1.15. The van der Waals surface area contributed by atoms with E-state index in [0.29, 0.717) is 42.7 Å². The monoisotopic (exact) mass is 429 g/mol. The van der Waals surface area contributed by atoms with Crippen molar-refractivity contribution in [2.75, 3.05) is 18.0 Å². The summed E-state index contributed by atoms with van der Waals surface area (Å²) in [7, 11) is 0. The minimum atomic E-state index is -0.444. The van der Waals surface area contributed by atoms with E-state index in [2.05, 4.69) is 5.32 Å². The third-order valence-electron chi connectivity index (χ3n) is 5.68. The number of carbonyl (C=O) groups excluding carboxylic acids is 2. The SMILES string of the molecule is O=C(NC1CCN(c2ccc(C(=O)c3ccccc3)cc2[N+](=O)[O-])CC1)c1ccccc1. The number of nitrogens with one attached hydrogen (secondary N) is 1. The largest absolute Gasteiger partial charge is 0.366 e. The number of benzene rings is 3. The van der Waals surface area contributed by atoms with Crippen LogP contribution in [0.2, 0.25) is 0 Å². The Labute approximate surface area is 185 Å². The molecule has 3 aromatic carbocycles. The fraction of sp³-hybridized carbons (Fsp3) is 0.200. The molecule has 3 aromatic rings. The smallest absolute Gasteiger partial charge is 0.293 e. The van der Waals surface area contributed by atoms with Crippen LogP contribution in [0.5, 0.6) is 0 Å². The highest BCUT2D eigenvalue weighted by Gasteiger charge is 2.27. The maximum Gasteiger partial charge on any atom is 0.293 e. The van der Waals surface area contributed by atoms with Crippen LogP contribution < -0.4 is 10.2 Å². The van der Waals surface area contributed by atoms with Gasteiger partial charge in [-0.25, -0.2) is 0 Å². The average molecular weight is 429 g/mol. The molecule has 1 fully saturated rings. The number of nitro benzene ring substituents is 1. The van der Waals surface area contributed by atoms with Crippen LogP contribution in [0, 0.1) is 10.1 Å². The molecular formula is C25H23N3O4. The van der Waals surface area contributed by atoms with E-state index >= 15 is 0 Å². The molecule has 7 nitrogen and oxygen atoms in total. The Morgan fingerprint density at radius 1 is 0.844 bits per heavy atom. The summed E-state index contributed by atoms with van der Waals surface area (Å²) in [6.07, 6.45) is 1.36. The average Bonchev–Trinajstić information content (AvgIpc) is 2.85. The zero-order valence-corrected chi connectivity index (χ0v) is 17.4. The van der Waals surface area contributed by atoms with E-state index in [-0.39, 0.29) is 29.0 Å². The van der Waals surface area contributed by atoms with Crippen LogP contribution >= 0.6 is 0 Å². The number of hydrogen-bond donors (Lipinski definition) is 1. The molecule has 1 heterocycles. The van der Waals surface area contributed by atoms with Crippen LogP contribution in [0.15, 0.2) is 78.9 Å². The molecule has 1 N–H and O–H groups in total. The molecule has 0 spiro atoms. The summed E-state index contributed by atoms with van der Waals surface area (Å²) in [6, 6.07) is 22.4. The lowest BCUT2D eigenvalue weighted by molar-refractivity contribution is -0.384. The van der Waals surface area contributed by atoms with Crippen molar-refractivity contribution >= 4 is 23.1 Å². The number of anilines is 1. The second kappa shape index (κ2) is 9.43. The minimum Gasteiger partial charge on any atom is -0.366 e. The van der Waals surface area contributed by atoms with Crippen LogP contribution in [0.1, 0.15) is 39.1 Å². The summed E-state index contributed by atoms with van der Waals surface area (Å²) in [4.78, 5) is 38.3. The topological polar surface area (TPSA) is 92.6 Å². The standard InChI is InChI=1S/C25H23N3O4/c29-24(18-7-3-1-4-8-18)20-11-12-22(23(17-20)28(31)32)27-15-13-21(14-16-27)26-25(30)19-9-5-2-6-10-19/h1-12,17,21H,13-16H2,(H,26,30). The maximum atomic E-state index is 12.7. The molecule has 0 radical (unpaired) electrons. The molecule has 1 aliphatic heterocycles. The van der Waals surface area contributed by atoms with Crippen molar-refractivity contribution in [2.24, 2.45) is 0 Å². The molecule has 1 saturated heterocycles. The highest BCUT2D eigenvalue weighted by Crippen LogP contribution is 2.32. The predicted molar refractivity (Wildman–Crippen MR) is 122 cm³/mol. The van der Waals surface area contributed by atoms with Crippen molar-refractivity contribution in [1.29, 1.82) is 0 Å². The van der Waals surface area contributed by atoms with Gasteiger partial charge >= 0.3 is 0 Å². The lowest BCUT2D eigenvalue weighted by Crippen LogP contribution is -2.44. The van der Waals surface area contributed by atoms with Crippen molar-refractivity contribution in [3.05, 3.63) is 106 Å². The Morgan fingerprint density at radius 2 is 1.44 bits per heavy atom. The fourth-order valence-electron chi connectivity index (χ4n) is 3.96. The van der Waals surface area contributed by atoms with Crippen LogP contribution in [0.3, 0.4) is 0 Å². The first-order valence-electron chi connectivity index (χ1n) is 10.5. The summed E-state index contributed by atoms with van der Waals surface area (Å²) < 4.78 is 0. The molecule has 32 heavy (non-hydrogen) atoms. The molecule has 1 aliphatic rings. The van der Waals surface area contributed by atoms with Gasteiger partial charge < -0.3 is 10.2 Å². The Balaban J connectivity index is 1.45. The quantitative estimate of drug-likeness (QED) is 0.360. The number of amides is 1. The predicted octanol–water partition coefficient (Wildman–Crippen LogP) is 4.22. The van der Waals surface area contributed by atoms with E-state index in [1.54, 1.807) is 48.5 Å². The number of rotatable bonds is 6. The Hall–Kier alpha value is -4.00. The summed E-state index contributed by atoms with van der Waals surface area (Å²) >= 11 is 0. The molecule has 4 rings (SSSR count). The van der Waals surface area contributed by atoms with E-state index in [0.717, 1.165) is 0 Å². The summed E-state index contributed by atoms with van der Waals surface area (Å²) in [5.74, 6) is -0.360. The first kappa shape index (κ1) is 21.2. The lowest BCUT2D eigenvalue weighted by Gasteiger charge is -2.33. The van der Waals surface area contributed by atoms with Crippen LogP contribution in [-0.2, 0) is 0 Å². The molecular weight excluding hydrogens is 406 g/mol. The molecule has 0 saturated carbocycles. The van der Waals surface area contributed by atoms with E-state index in [1.807, 2.05) is 29.2 Å².